The van der Waals surface area contributed by atoms with Crippen LogP contribution in [0.15, 0.2) is 36.4 Å². The summed E-state index contributed by atoms with van der Waals surface area (Å²) in [6.45, 7) is 5.95. The van der Waals surface area contributed by atoms with Gasteiger partial charge in [-0.1, -0.05) is 30.7 Å². The van der Waals surface area contributed by atoms with Crippen molar-refractivity contribution < 1.29 is 22.8 Å². The van der Waals surface area contributed by atoms with E-state index in [4.69, 9.17) is 11.6 Å². The van der Waals surface area contributed by atoms with Gasteiger partial charge in [-0.15, -0.1) is 0 Å². The standard InChI is InChI=1S/C26H31ClF3N3O2/c1-5-21(23-16(2)13-19(14-17(23)3)26(28,29)30)31-25(35)33-12-6-7-22(33)24(34)32(4)15-18-8-10-20(27)11-9-18/h8-11,13-14,21-22H,5-7,12,15H2,1-4H3,(H,31,35)/t21-,22+/m0/s1. The number of hydrogen-bond donors (Lipinski definition) is 1. The van der Waals surface area contributed by atoms with Crippen LogP contribution in [0.4, 0.5) is 18.0 Å². The van der Waals surface area contributed by atoms with Crippen LogP contribution >= 0.6 is 11.6 Å². The highest BCUT2D eigenvalue weighted by Gasteiger charge is 2.37. The molecule has 2 atom stereocenters. The van der Waals surface area contributed by atoms with Crippen LogP contribution in [0.2, 0.25) is 5.02 Å². The van der Waals surface area contributed by atoms with Crippen LogP contribution in [0, 0.1) is 13.8 Å². The molecule has 190 valence electrons. The lowest BCUT2D eigenvalue weighted by atomic mass is 9.92. The van der Waals surface area contributed by atoms with Gasteiger partial charge in [-0.2, -0.15) is 13.2 Å². The second-order valence-corrected chi connectivity index (χ2v) is 9.54. The first-order valence-corrected chi connectivity index (χ1v) is 12.0. The number of amides is 3. The van der Waals surface area contributed by atoms with Crippen molar-refractivity contribution in [3.8, 4) is 0 Å². The van der Waals surface area contributed by atoms with Gasteiger partial charge in [-0.05, 0) is 79.6 Å². The maximum Gasteiger partial charge on any atom is 0.416 e. The Morgan fingerprint density at radius 2 is 1.77 bits per heavy atom. The summed E-state index contributed by atoms with van der Waals surface area (Å²) in [6, 6.07) is 8.04. The molecule has 5 nitrogen and oxygen atoms in total. The number of benzene rings is 2. The van der Waals surface area contributed by atoms with Crippen molar-refractivity contribution in [2.75, 3.05) is 13.6 Å². The summed E-state index contributed by atoms with van der Waals surface area (Å²) in [5.74, 6) is -0.150. The quantitative estimate of drug-likeness (QED) is 0.499. The first-order valence-electron chi connectivity index (χ1n) is 11.7. The minimum Gasteiger partial charge on any atom is -0.340 e. The lowest BCUT2D eigenvalue weighted by Gasteiger charge is -2.30. The number of urea groups is 1. The van der Waals surface area contributed by atoms with E-state index in [0.29, 0.717) is 54.1 Å². The highest BCUT2D eigenvalue weighted by molar-refractivity contribution is 6.30. The Hall–Kier alpha value is -2.74. The molecular formula is C26H31ClF3N3O2. The van der Waals surface area contributed by atoms with Crippen molar-refractivity contribution >= 4 is 23.5 Å². The number of halogens is 4. The lowest BCUT2D eigenvalue weighted by Crippen LogP contribution is -2.50. The fourth-order valence-electron chi connectivity index (χ4n) is 4.76. The molecule has 0 radical (unpaired) electrons. The van der Waals surface area contributed by atoms with Crippen LogP contribution in [0.25, 0.3) is 0 Å². The van der Waals surface area contributed by atoms with E-state index in [1.54, 1.807) is 37.9 Å². The van der Waals surface area contributed by atoms with E-state index in [1.807, 2.05) is 19.1 Å². The minimum atomic E-state index is -4.43. The van der Waals surface area contributed by atoms with Crippen LogP contribution in [0.5, 0.6) is 0 Å². The van der Waals surface area contributed by atoms with Crippen molar-refractivity contribution in [3.05, 3.63) is 69.2 Å². The molecule has 0 spiro atoms. The SMILES string of the molecule is CC[C@H](NC(=O)N1CCC[C@@H]1C(=O)N(C)Cc1ccc(Cl)cc1)c1c(C)cc(C(F)(F)F)cc1C. The summed E-state index contributed by atoms with van der Waals surface area (Å²) >= 11 is 5.93. The van der Waals surface area contributed by atoms with Gasteiger partial charge in [0.2, 0.25) is 5.91 Å². The van der Waals surface area contributed by atoms with Crippen LogP contribution < -0.4 is 5.32 Å². The van der Waals surface area contributed by atoms with Crippen LogP contribution in [0.3, 0.4) is 0 Å². The number of likely N-dealkylation sites (tertiary alicyclic amines) is 1. The van der Waals surface area contributed by atoms with Gasteiger partial charge in [0.15, 0.2) is 0 Å². The Balaban J connectivity index is 1.73. The number of rotatable bonds is 6. The van der Waals surface area contributed by atoms with Gasteiger partial charge < -0.3 is 15.1 Å². The summed E-state index contributed by atoms with van der Waals surface area (Å²) < 4.78 is 39.6. The maximum atomic E-state index is 13.2. The number of aryl methyl sites for hydroxylation is 2. The summed E-state index contributed by atoms with van der Waals surface area (Å²) in [5, 5.41) is 3.58. The number of hydrogen-bond acceptors (Lipinski definition) is 2. The van der Waals surface area contributed by atoms with Crippen molar-refractivity contribution in [2.45, 2.75) is 64.8 Å². The summed E-state index contributed by atoms with van der Waals surface area (Å²) in [5.41, 5.74) is 1.85. The Morgan fingerprint density at radius 3 is 2.31 bits per heavy atom. The third-order valence-electron chi connectivity index (χ3n) is 6.48. The first-order chi connectivity index (χ1) is 16.4. The number of alkyl halides is 3. The largest absolute Gasteiger partial charge is 0.416 e. The Labute approximate surface area is 209 Å². The molecule has 0 unspecified atom stereocenters. The molecule has 0 bridgehead atoms. The molecule has 0 saturated carbocycles. The lowest BCUT2D eigenvalue weighted by molar-refractivity contribution is -0.137. The number of nitrogens with one attached hydrogen (secondary N) is 1. The number of likely N-dealkylation sites (N-methyl/N-ethyl adjacent to an activating group) is 1. The second-order valence-electron chi connectivity index (χ2n) is 9.10. The predicted molar refractivity (Wildman–Crippen MR) is 130 cm³/mol. The van der Waals surface area contributed by atoms with Gasteiger partial charge in [-0.25, -0.2) is 4.79 Å². The van der Waals surface area contributed by atoms with Gasteiger partial charge in [0.25, 0.3) is 0 Å². The zero-order chi connectivity index (χ0) is 25.9. The molecule has 0 aromatic heterocycles. The normalized spacial score (nSPS) is 16.8. The van der Waals surface area contributed by atoms with Crippen molar-refractivity contribution in [1.82, 2.24) is 15.1 Å². The smallest absolute Gasteiger partial charge is 0.340 e. The molecule has 3 rings (SSSR count). The van der Waals surface area contributed by atoms with E-state index in [1.165, 1.54) is 4.90 Å². The fraction of sp³-hybridized carbons (Fsp3) is 0.462. The zero-order valence-corrected chi connectivity index (χ0v) is 21.1. The zero-order valence-electron chi connectivity index (χ0n) is 20.4. The molecule has 2 aromatic carbocycles. The molecule has 2 aromatic rings. The van der Waals surface area contributed by atoms with E-state index in [9.17, 15) is 22.8 Å². The van der Waals surface area contributed by atoms with E-state index in [2.05, 4.69) is 5.32 Å². The average Bonchev–Trinajstić information content (AvgIpc) is 3.28. The minimum absolute atomic E-state index is 0.150. The molecule has 1 N–H and O–H groups in total. The van der Waals surface area contributed by atoms with Gasteiger partial charge in [0.05, 0.1) is 11.6 Å². The van der Waals surface area contributed by atoms with Gasteiger partial charge >= 0.3 is 12.2 Å². The Morgan fingerprint density at radius 1 is 1.17 bits per heavy atom. The molecular weight excluding hydrogens is 479 g/mol. The van der Waals surface area contributed by atoms with Gasteiger partial charge in [0.1, 0.15) is 6.04 Å². The third kappa shape index (κ3) is 6.28. The Bertz CT molecular complexity index is 1050. The molecule has 1 aliphatic heterocycles. The molecule has 1 saturated heterocycles. The molecule has 1 heterocycles. The monoisotopic (exact) mass is 509 g/mol. The predicted octanol–water partition coefficient (Wildman–Crippen LogP) is 6.26. The molecule has 3 amide bonds. The van der Waals surface area contributed by atoms with Gasteiger partial charge in [0, 0.05) is 25.2 Å². The van der Waals surface area contributed by atoms with Crippen molar-refractivity contribution in [2.24, 2.45) is 0 Å². The molecule has 1 fully saturated rings. The highest BCUT2D eigenvalue weighted by Crippen LogP contribution is 2.34. The van der Waals surface area contributed by atoms with Crippen molar-refractivity contribution in [3.63, 3.8) is 0 Å². The first kappa shape index (κ1) is 26.9. The fourth-order valence-corrected chi connectivity index (χ4v) is 4.89. The molecule has 0 aliphatic carbocycles. The maximum absolute atomic E-state index is 13.2. The topological polar surface area (TPSA) is 52.7 Å². The van der Waals surface area contributed by atoms with Crippen LogP contribution in [0.1, 0.15) is 60.0 Å². The van der Waals surface area contributed by atoms with Crippen LogP contribution in [-0.2, 0) is 17.5 Å². The Kier molecular flexibility index (Phi) is 8.36. The number of carbonyl (C=O) groups is 2. The van der Waals surface area contributed by atoms with E-state index in [0.717, 1.165) is 17.7 Å². The third-order valence-corrected chi connectivity index (χ3v) is 6.74. The van der Waals surface area contributed by atoms with Crippen LogP contribution in [-0.4, -0.2) is 41.4 Å². The summed E-state index contributed by atoms with van der Waals surface area (Å²) in [4.78, 5) is 29.5. The second kappa shape index (κ2) is 10.9. The van der Waals surface area contributed by atoms with E-state index >= 15 is 0 Å². The average molecular weight is 510 g/mol. The summed E-state index contributed by atoms with van der Waals surface area (Å²) in [7, 11) is 1.70. The van der Waals surface area contributed by atoms with Crippen molar-refractivity contribution in [1.29, 1.82) is 0 Å². The number of nitrogens with zero attached hydrogens (tertiary/aromatic N) is 2. The molecule has 35 heavy (non-hydrogen) atoms. The summed E-state index contributed by atoms with van der Waals surface area (Å²) in [6.07, 6.45) is -2.66. The highest BCUT2D eigenvalue weighted by atomic mass is 35.5. The van der Waals surface area contributed by atoms with Gasteiger partial charge in [-0.3, -0.25) is 4.79 Å². The number of carbonyl (C=O) groups excluding carboxylic acids is 2. The molecule has 1 aliphatic rings. The van der Waals surface area contributed by atoms with E-state index < -0.39 is 23.8 Å². The van der Waals surface area contributed by atoms with E-state index in [-0.39, 0.29) is 11.9 Å². The molecule has 9 heteroatoms.